The van der Waals surface area contributed by atoms with Crippen molar-refractivity contribution in [2.45, 2.75) is 6.04 Å². The molecule has 5 rings (SSSR count). The number of H-pyrrole nitrogens is 1. The second kappa shape index (κ2) is 5.45. The minimum absolute atomic E-state index is 0.160. The fourth-order valence-electron chi connectivity index (χ4n) is 3.53. The van der Waals surface area contributed by atoms with E-state index in [0.717, 1.165) is 47.8 Å². The van der Waals surface area contributed by atoms with E-state index in [1.807, 2.05) is 42.9 Å². The Balaban J connectivity index is 1.53. The maximum absolute atomic E-state index is 5.90. The maximum atomic E-state index is 5.90. The van der Waals surface area contributed by atoms with Crippen molar-refractivity contribution in [2.24, 2.45) is 0 Å². The zero-order valence-corrected chi connectivity index (χ0v) is 13.6. The Bertz CT molecular complexity index is 1050. The minimum atomic E-state index is 0.160. The molecule has 8 nitrogen and oxygen atoms in total. The topological polar surface area (TPSA) is 100 Å². The Morgan fingerprint density at radius 3 is 3.12 bits per heavy atom. The first kappa shape index (κ1) is 14.2. The molecule has 1 aliphatic rings. The first-order chi connectivity index (χ1) is 12.3. The van der Waals surface area contributed by atoms with Crippen LogP contribution in [0.25, 0.3) is 16.7 Å². The molecule has 1 aliphatic heterocycles. The lowest BCUT2D eigenvalue weighted by molar-refractivity contribution is 0.460. The van der Waals surface area contributed by atoms with Crippen LogP contribution >= 0.6 is 0 Å². The monoisotopic (exact) mass is 334 g/mol. The summed E-state index contributed by atoms with van der Waals surface area (Å²) in [6.07, 6.45) is 5.85. The van der Waals surface area contributed by atoms with Gasteiger partial charge in [0.1, 0.15) is 11.2 Å². The number of anilines is 2. The molecule has 126 valence electrons. The highest BCUT2D eigenvalue weighted by atomic mass is 15.3. The lowest BCUT2D eigenvalue weighted by Crippen LogP contribution is -2.46. The lowest BCUT2D eigenvalue weighted by atomic mass is 10.1. The number of nitrogens with two attached hydrogens (primary N) is 1. The van der Waals surface area contributed by atoms with Crippen LogP contribution in [0.15, 0.2) is 42.9 Å². The summed E-state index contributed by atoms with van der Waals surface area (Å²) >= 11 is 0. The molecule has 4 aromatic rings. The van der Waals surface area contributed by atoms with Crippen molar-refractivity contribution in [3.05, 3.63) is 48.5 Å². The quantitative estimate of drug-likeness (QED) is 0.511. The van der Waals surface area contributed by atoms with Crippen LogP contribution in [-0.4, -0.2) is 44.0 Å². The number of pyridine rings is 1. The van der Waals surface area contributed by atoms with Crippen molar-refractivity contribution in [1.82, 2.24) is 29.7 Å². The van der Waals surface area contributed by atoms with Crippen LogP contribution in [0.1, 0.15) is 11.7 Å². The molecule has 4 N–H and O–H groups in total. The van der Waals surface area contributed by atoms with Crippen LogP contribution in [0.3, 0.4) is 0 Å². The summed E-state index contributed by atoms with van der Waals surface area (Å²) in [6, 6.07) is 8.11. The van der Waals surface area contributed by atoms with Crippen molar-refractivity contribution >= 4 is 28.4 Å². The first-order valence-corrected chi connectivity index (χ1v) is 8.30. The largest absolute Gasteiger partial charge is 0.368 e. The minimum Gasteiger partial charge on any atom is -0.368 e. The van der Waals surface area contributed by atoms with Gasteiger partial charge in [0.2, 0.25) is 5.95 Å². The molecule has 5 heterocycles. The number of nitrogens with zero attached hydrogens (tertiary/aromatic N) is 5. The third-order valence-corrected chi connectivity index (χ3v) is 4.68. The molecule has 1 saturated heterocycles. The van der Waals surface area contributed by atoms with Crippen LogP contribution in [0.2, 0.25) is 0 Å². The van der Waals surface area contributed by atoms with E-state index in [2.05, 4.69) is 34.6 Å². The van der Waals surface area contributed by atoms with E-state index in [-0.39, 0.29) is 6.04 Å². The predicted molar refractivity (Wildman–Crippen MR) is 96.4 cm³/mol. The molecule has 1 unspecified atom stereocenters. The number of rotatable bonds is 2. The summed E-state index contributed by atoms with van der Waals surface area (Å²) < 4.78 is 2.12. The second-order valence-electron chi connectivity index (χ2n) is 6.21. The highest BCUT2D eigenvalue weighted by Gasteiger charge is 2.26. The van der Waals surface area contributed by atoms with E-state index in [1.165, 1.54) is 0 Å². The zero-order valence-electron chi connectivity index (χ0n) is 13.6. The van der Waals surface area contributed by atoms with Gasteiger partial charge in [0.25, 0.3) is 0 Å². The molecule has 1 atom stereocenters. The van der Waals surface area contributed by atoms with E-state index in [0.29, 0.717) is 5.95 Å². The number of aromatic nitrogens is 5. The molecular weight excluding hydrogens is 316 g/mol. The van der Waals surface area contributed by atoms with Gasteiger partial charge in [-0.05, 0) is 18.2 Å². The van der Waals surface area contributed by atoms with Gasteiger partial charge in [-0.2, -0.15) is 4.98 Å². The number of fused-ring (bicyclic) bond motifs is 2. The van der Waals surface area contributed by atoms with Crippen molar-refractivity contribution in [1.29, 1.82) is 0 Å². The van der Waals surface area contributed by atoms with Crippen LogP contribution in [-0.2, 0) is 0 Å². The summed E-state index contributed by atoms with van der Waals surface area (Å²) in [7, 11) is 0. The predicted octanol–water partition coefficient (Wildman–Crippen LogP) is 1.34. The highest BCUT2D eigenvalue weighted by Crippen LogP contribution is 2.27. The van der Waals surface area contributed by atoms with E-state index in [1.54, 1.807) is 0 Å². The molecular formula is C17H18N8. The van der Waals surface area contributed by atoms with E-state index in [9.17, 15) is 0 Å². The number of hydrogen-bond acceptors (Lipinski definition) is 6. The summed E-state index contributed by atoms with van der Waals surface area (Å²) in [5.74, 6) is 1.15. The second-order valence-corrected chi connectivity index (χ2v) is 6.21. The maximum Gasteiger partial charge on any atom is 0.222 e. The van der Waals surface area contributed by atoms with Gasteiger partial charge >= 0.3 is 0 Å². The van der Waals surface area contributed by atoms with Crippen molar-refractivity contribution in [3.8, 4) is 0 Å². The molecule has 4 aromatic heterocycles. The van der Waals surface area contributed by atoms with Crippen LogP contribution < -0.4 is 16.0 Å². The SMILES string of the molecule is Nc1nc(N2CCNC(c3cnc4ccccn34)C2)c2[nH]ccc2n1. The number of piperazine rings is 1. The Kier molecular flexibility index (Phi) is 3.10. The number of aromatic amines is 1. The number of nitrogen functional groups attached to an aromatic ring is 1. The number of nitrogens with one attached hydrogen (secondary N) is 2. The van der Waals surface area contributed by atoms with Gasteiger partial charge in [0.15, 0.2) is 5.82 Å². The summed E-state index contributed by atoms with van der Waals surface area (Å²) in [4.78, 5) is 18.7. The molecule has 0 spiro atoms. The first-order valence-electron chi connectivity index (χ1n) is 8.30. The number of imidazole rings is 1. The number of hydrogen-bond donors (Lipinski definition) is 3. The van der Waals surface area contributed by atoms with Gasteiger partial charge in [-0.15, -0.1) is 0 Å². The molecule has 0 aliphatic carbocycles. The van der Waals surface area contributed by atoms with E-state index >= 15 is 0 Å². The summed E-state index contributed by atoms with van der Waals surface area (Å²) in [6.45, 7) is 2.50. The highest BCUT2D eigenvalue weighted by molar-refractivity contribution is 5.87. The van der Waals surface area contributed by atoms with Crippen molar-refractivity contribution in [2.75, 3.05) is 30.3 Å². The van der Waals surface area contributed by atoms with Gasteiger partial charge in [-0.3, -0.25) is 0 Å². The van der Waals surface area contributed by atoms with Gasteiger partial charge in [0, 0.05) is 32.0 Å². The van der Waals surface area contributed by atoms with Gasteiger partial charge in [-0.25, -0.2) is 9.97 Å². The fraction of sp³-hybridized carbons (Fsp3) is 0.235. The Labute approximate surface area is 143 Å². The third kappa shape index (κ3) is 2.30. The molecule has 0 saturated carbocycles. The molecule has 8 heteroatoms. The van der Waals surface area contributed by atoms with Crippen LogP contribution in [0.5, 0.6) is 0 Å². The zero-order chi connectivity index (χ0) is 16.8. The third-order valence-electron chi connectivity index (χ3n) is 4.68. The molecule has 0 radical (unpaired) electrons. The van der Waals surface area contributed by atoms with E-state index < -0.39 is 0 Å². The van der Waals surface area contributed by atoms with Gasteiger partial charge < -0.3 is 25.3 Å². The van der Waals surface area contributed by atoms with Gasteiger partial charge in [0.05, 0.1) is 23.4 Å². The fourth-order valence-corrected chi connectivity index (χ4v) is 3.53. The Hall–Kier alpha value is -3.13. The molecule has 25 heavy (non-hydrogen) atoms. The Morgan fingerprint density at radius 2 is 2.16 bits per heavy atom. The standard InChI is InChI=1S/C17H18N8/c18-17-22-11-4-5-20-15(11)16(23-17)24-8-6-19-12(10-24)13-9-21-14-3-1-2-7-25(13)14/h1-5,7,9,12,19-20H,6,8,10H2,(H2,18,22,23). The van der Waals surface area contributed by atoms with Crippen molar-refractivity contribution < 1.29 is 0 Å². The average Bonchev–Trinajstić information content (AvgIpc) is 3.27. The molecule has 0 bridgehead atoms. The average molecular weight is 334 g/mol. The summed E-state index contributed by atoms with van der Waals surface area (Å²) in [5, 5.41) is 3.58. The van der Waals surface area contributed by atoms with Crippen LogP contribution in [0, 0.1) is 0 Å². The van der Waals surface area contributed by atoms with Gasteiger partial charge in [-0.1, -0.05) is 6.07 Å². The molecule has 0 amide bonds. The van der Waals surface area contributed by atoms with Crippen molar-refractivity contribution in [3.63, 3.8) is 0 Å². The summed E-state index contributed by atoms with van der Waals surface area (Å²) in [5.41, 5.74) is 9.76. The normalized spacial score (nSPS) is 18.2. The van der Waals surface area contributed by atoms with E-state index in [4.69, 9.17) is 5.73 Å². The Morgan fingerprint density at radius 1 is 1.20 bits per heavy atom. The molecule has 1 fully saturated rings. The van der Waals surface area contributed by atoms with Crippen LogP contribution in [0.4, 0.5) is 11.8 Å². The lowest BCUT2D eigenvalue weighted by Gasteiger charge is -2.34. The molecule has 0 aromatic carbocycles. The smallest absolute Gasteiger partial charge is 0.222 e.